The number of rotatable bonds is 3. The Morgan fingerprint density at radius 2 is 2.58 bits per heavy atom. The van der Waals surface area contributed by atoms with Gasteiger partial charge >= 0.3 is 0 Å². The average molecular weight is 189 g/mol. The number of amides is 1. The lowest BCUT2D eigenvalue weighted by molar-refractivity contribution is -0.127. The summed E-state index contributed by atoms with van der Waals surface area (Å²) in [5, 5.41) is 2.65. The molecule has 1 heterocycles. The van der Waals surface area contributed by atoms with Crippen LogP contribution in [0.25, 0.3) is 0 Å². The van der Waals surface area contributed by atoms with Crippen molar-refractivity contribution in [3.8, 4) is 0 Å². The van der Waals surface area contributed by atoms with Gasteiger partial charge in [-0.25, -0.2) is 0 Å². The molecular weight excluding hydrogens is 178 g/mol. The third-order valence-corrected chi connectivity index (χ3v) is 2.55. The number of methoxy groups -OCH3 is 1. The summed E-state index contributed by atoms with van der Waals surface area (Å²) in [6, 6.07) is -0.294. The zero-order chi connectivity index (χ0) is 8.97. The molecule has 1 N–H and O–H groups in total. The van der Waals surface area contributed by atoms with Crippen molar-refractivity contribution in [1.29, 1.82) is 0 Å². The molecule has 1 fully saturated rings. The molecule has 0 saturated carbocycles. The Hall–Kier alpha value is -0.550. The van der Waals surface area contributed by atoms with Crippen molar-refractivity contribution in [2.24, 2.45) is 0 Å². The SMILES string of the molecule is COCC(=O)NC1CCSC1=O. The molecule has 0 aromatic heterocycles. The monoisotopic (exact) mass is 189 g/mol. The van der Waals surface area contributed by atoms with Crippen LogP contribution in [0, 0.1) is 0 Å². The van der Waals surface area contributed by atoms with Crippen molar-refractivity contribution >= 4 is 22.8 Å². The minimum Gasteiger partial charge on any atom is -0.375 e. The molecule has 4 nitrogen and oxygen atoms in total. The molecule has 1 saturated heterocycles. The maximum absolute atomic E-state index is 11.0. The molecule has 1 aliphatic heterocycles. The lowest BCUT2D eigenvalue weighted by atomic mass is 10.2. The largest absolute Gasteiger partial charge is 0.375 e. The minimum atomic E-state index is -0.294. The van der Waals surface area contributed by atoms with E-state index in [4.69, 9.17) is 0 Å². The van der Waals surface area contributed by atoms with Gasteiger partial charge in [0.05, 0.1) is 6.04 Å². The molecule has 0 spiro atoms. The molecule has 5 heteroatoms. The van der Waals surface area contributed by atoms with E-state index >= 15 is 0 Å². The van der Waals surface area contributed by atoms with Crippen molar-refractivity contribution < 1.29 is 14.3 Å². The Balaban J connectivity index is 2.30. The zero-order valence-electron chi connectivity index (χ0n) is 6.83. The summed E-state index contributed by atoms with van der Waals surface area (Å²) in [6.07, 6.45) is 0.735. The highest BCUT2D eigenvalue weighted by Crippen LogP contribution is 2.19. The van der Waals surface area contributed by atoms with Gasteiger partial charge in [-0.1, -0.05) is 11.8 Å². The summed E-state index contributed by atoms with van der Waals surface area (Å²) in [5.41, 5.74) is 0. The first kappa shape index (κ1) is 9.54. The van der Waals surface area contributed by atoms with Crippen LogP contribution in [-0.4, -0.2) is 36.5 Å². The van der Waals surface area contributed by atoms with Gasteiger partial charge < -0.3 is 10.1 Å². The van der Waals surface area contributed by atoms with E-state index in [1.165, 1.54) is 18.9 Å². The molecule has 1 atom stereocenters. The van der Waals surface area contributed by atoms with Crippen molar-refractivity contribution in [3.05, 3.63) is 0 Å². The van der Waals surface area contributed by atoms with Gasteiger partial charge in [0.2, 0.25) is 11.0 Å². The highest BCUT2D eigenvalue weighted by atomic mass is 32.2. The Kier molecular flexibility index (Phi) is 3.55. The van der Waals surface area contributed by atoms with E-state index in [1.807, 2.05) is 0 Å². The summed E-state index contributed by atoms with van der Waals surface area (Å²) in [4.78, 5) is 22.0. The van der Waals surface area contributed by atoms with Crippen molar-refractivity contribution in [3.63, 3.8) is 0 Å². The second kappa shape index (κ2) is 4.47. The molecule has 0 bridgehead atoms. The predicted molar refractivity (Wildman–Crippen MR) is 45.9 cm³/mol. The Morgan fingerprint density at radius 1 is 1.83 bits per heavy atom. The van der Waals surface area contributed by atoms with Crippen LogP contribution in [0.4, 0.5) is 0 Å². The maximum Gasteiger partial charge on any atom is 0.246 e. The number of thioether (sulfide) groups is 1. The van der Waals surface area contributed by atoms with Crippen LogP contribution in [0.2, 0.25) is 0 Å². The zero-order valence-corrected chi connectivity index (χ0v) is 7.65. The number of carbonyl (C=O) groups excluding carboxylic acids is 2. The van der Waals surface area contributed by atoms with Crippen LogP contribution in [0.1, 0.15) is 6.42 Å². The number of carbonyl (C=O) groups is 2. The van der Waals surface area contributed by atoms with Gasteiger partial charge in [0.1, 0.15) is 6.61 Å². The fourth-order valence-electron chi connectivity index (χ4n) is 0.994. The van der Waals surface area contributed by atoms with Gasteiger partial charge in [0.25, 0.3) is 0 Å². The summed E-state index contributed by atoms with van der Waals surface area (Å²) in [7, 11) is 1.45. The van der Waals surface area contributed by atoms with E-state index in [9.17, 15) is 9.59 Å². The van der Waals surface area contributed by atoms with E-state index in [1.54, 1.807) is 0 Å². The summed E-state index contributed by atoms with van der Waals surface area (Å²) in [5.74, 6) is 0.579. The molecule has 1 aliphatic rings. The first-order chi connectivity index (χ1) is 5.74. The van der Waals surface area contributed by atoms with Gasteiger partial charge in [0, 0.05) is 12.9 Å². The lowest BCUT2D eigenvalue weighted by Crippen LogP contribution is -2.39. The molecule has 1 rings (SSSR count). The second-order valence-corrected chi connectivity index (χ2v) is 3.61. The van der Waals surface area contributed by atoms with E-state index in [2.05, 4.69) is 10.1 Å². The number of ether oxygens (including phenoxy) is 1. The average Bonchev–Trinajstić information content (AvgIpc) is 2.37. The molecule has 1 unspecified atom stereocenters. The first-order valence-electron chi connectivity index (χ1n) is 3.69. The van der Waals surface area contributed by atoms with Crippen LogP contribution < -0.4 is 5.32 Å². The Morgan fingerprint density at radius 3 is 3.08 bits per heavy atom. The second-order valence-electron chi connectivity index (χ2n) is 2.51. The van der Waals surface area contributed by atoms with Crippen LogP contribution in [-0.2, 0) is 14.3 Å². The van der Waals surface area contributed by atoms with Gasteiger partial charge in [-0.05, 0) is 6.42 Å². The molecule has 0 aromatic carbocycles. The van der Waals surface area contributed by atoms with Crippen LogP contribution in [0.3, 0.4) is 0 Å². The predicted octanol–water partition coefficient (Wildman–Crippen LogP) is -0.219. The van der Waals surface area contributed by atoms with Crippen molar-refractivity contribution in [2.45, 2.75) is 12.5 Å². The highest BCUT2D eigenvalue weighted by molar-refractivity contribution is 8.14. The van der Waals surface area contributed by atoms with Gasteiger partial charge in [-0.2, -0.15) is 0 Å². The number of hydrogen-bond donors (Lipinski definition) is 1. The number of hydrogen-bond acceptors (Lipinski definition) is 4. The van der Waals surface area contributed by atoms with Crippen molar-refractivity contribution in [2.75, 3.05) is 19.5 Å². The minimum absolute atomic E-state index is 0.0223. The van der Waals surface area contributed by atoms with Gasteiger partial charge in [0.15, 0.2) is 0 Å². The molecule has 0 aromatic rings. The standard InChI is InChI=1S/C7H11NO3S/c1-11-4-6(9)8-5-2-3-12-7(5)10/h5H,2-4H2,1H3,(H,8,9). The van der Waals surface area contributed by atoms with Crippen LogP contribution in [0.15, 0.2) is 0 Å². The summed E-state index contributed by atoms with van der Waals surface area (Å²) in [6.45, 7) is 0.0223. The van der Waals surface area contributed by atoms with Crippen LogP contribution in [0.5, 0.6) is 0 Å². The van der Waals surface area contributed by atoms with E-state index in [0.717, 1.165) is 12.2 Å². The van der Waals surface area contributed by atoms with Crippen molar-refractivity contribution in [1.82, 2.24) is 5.32 Å². The molecule has 0 aliphatic carbocycles. The van der Waals surface area contributed by atoms with E-state index in [-0.39, 0.29) is 23.7 Å². The van der Waals surface area contributed by atoms with Gasteiger partial charge in [-0.15, -0.1) is 0 Å². The molecule has 0 radical (unpaired) electrons. The highest BCUT2D eigenvalue weighted by Gasteiger charge is 2.26. The first-order valence-corrected chi connectivity index (χ1v) is 4.67. The fraction of sp³-hybridized carbons (Fsp3) is 0.714. The maximum atomic E-state index is 11.0. The quantitative estimate of drug-likeness (QED) is 0.667. The van der Waals surface area contributed by atoms with Gasteiger partial charge in [-0.3, -0.25) is 9.59 Å². The topological polar surface area (TPSA) is 55.4 Å². The van der Waals surface area contributed by atoms with E-state index in [0.29, 0.717) is 0 Å². The molecular formula is C7H11NO3S. The smallest absolute Gasteiger partial charge is 0.246 e. The normalized spacial score (nSPS) is 22.8. The molecule has 68 valence electrons. The third kappa shape index (κ3) is 2.49. The molecule has 12 heavy (non-hydrogen) atoms. The summed E-state index contributed by atoms with van der Waals surface area (Å²) < 4.78 is 4.62. The lowest BCUT2D eigenvalue weighted by Gasteiger charge is -2.08. The third-order valence-electron chi connectivity index (χ3n) is 1.55. The van der Waals surface area contributed by atoms with Crippen LogP contribution >= 0.6 is 11.8 Å². The molecule has 1 amide bonds. The summed E-state index contributed by atoms with van der Waals surface area (Å²) >= 11 is 1.27. The Bertz CT molecular complexity index is 195. The fourth-order valence-corrected chi connectivity index (χ4v) is 1.93. The number of nitrogens with one attached hydrogen (secondary N) is 1. The van der Waals surface area contributed by atoms with E-state index < -0.39 is 0 Å². The Labute approximate surface area is 75.0 Å².